The molecule has 0 aliphatic carbocycles. The normalized spacial score (nSPS) is 17.6. The summed E-state index contributed by atoms with van der Waals surface area (Å²) < 4.78 is 0. The van der Waals surface area contributed by atoms with E-state index in [1.54, 1.807) is 6.20 Å². The zero-order valence-corrected chi connectivity index (χ0v) is 12.1. The molecule has 0 spiro atoms. The molecule has 0 saturated heterocycles. The quantitative estimate of drug-likeness (QED) is 0.755. The van der Waals surface area contributed by atoms with E-state index in [4.69, 9.17) is 23.2 Å². The van der Waals surface area contributed by atoms with Gasteiger partial charge in [-0.05, 0) is 36.6 Å². The smallest absolute Gasteiger partial charge is 0.133 e. The summed E-state index contributed by atoms with van der Waals surface area (Å²) >= 11 is 12.0. The molecule has 1 aliphatic rings. The monoisotopic (exact) mass is 292 g/mol. The molecule has 2 nitrogen and oxygen atoms in total. The first-order valence-corrected chi connectivity index (χ1v) is 7.19. The van der Waals surface area contributed by atoms with Crippen LogP contribution in [0.25, 0.3) is 0 Å². The van der Waals surface area contributed by atoms with Crippen molar-refractivity contribution >= 4 is 34.7 Å². The third kappa shape index (κ3) is 2.19. The Bertz CT molecular complexity index is 613. The summed E-state index contributed by atoms with van der Waals surface area (Å²) in [5.41, 5.74) is 3.51. The Kier molecular flexibility index (Phi) is 3.38. The lowest BCUT2D eigenvalue weighted by molar-refractivity contribution is 0.750. The zero-order valence-electron chi connectivity index (χ0n) is 10.6. The molecule has 0 N–H and O–H groups in total. The number of anilines is 2. The predicted octanol–water partition coefficient (Wildman–Crippen LogP) is 4.56. The first kappa shape index (κ1) is 12.8. The van der Waals surface area contributed by atoms with E-state index in [-0.39, 0.29) is 0 Å². The van der Waals surface area contributed by atoms with Gasteiger partial charge in [0.05, 0.1) is 5.02 Å². The number of nitrogens with zero attached hydrogens (tertiary/aromatic N) is 2. The molecule has 1 aromatic heterocycles. The van der Waals surface area contributed by atoms with Gasteiger partial charge in [-0.25, -0.2) is 4.98 Å². The molecule has 1 unspecified atom stereocenters. The maximum absolute atomic E-state index is 6.07. The lowest BCUT2D eigenvalue weighted by Gasteiger charge is -2.24. The molecule has 3 rings (SSSR count). The number of hydrogen-bond donors (Lipinski definition) is 0. The third-order valence-corrected chi connectivity index (χ3v) is 4.15. The van der Waals surface area contributed by atoms with E-state index in [2.05, 4.69) is 41.1 Å². The van der Waals surface area contributed by atoms with E-state index >= 15 is 0 Å². The Morgan fingerprint density at radius 1 is 1.37 bits per heavy atom. The standard InChI is InChI=1S/C15H14Cl2N2/c1-10-6-11-4-2-3-5-14(11)19(10)15-7-12(8-16)13(17)9-18-15/h2-5,7,9-10H,6,8H2,1H3. The molecule has 2 heterocycles. The molecule has 0 fully saturated rings. The van der Waals surface area contributed by atoms with Crippen molar-refractivity contribution in [3.05, 3.63) is 52.7 Å². The second-order valence-electron chi connectivity index (χ2n) is 4.82. The summed E-state index contributed by atoms with van der Waals surface area (Å²) in [5, 5.41) is 0.624. The molecule has 0 radical (unpaired) electrons. The van der Waals surface area contributed by atoms with Crippen LogP contribution in [0.4, 0.5) is 11.5 Å². The Morgan fingerprint density at radius 3 is 2.95 bits per heavy atom. The minimum atomic E-state index is 0.397. The number of rotatable bonds is 2. The maximum atomic E-state index is 6.07. The van der Waals surface area contributed by atoms with Gasteiger partial charge in [0, 0.05) is 23.8 Å². The topological polar surface area (TPSA) is 16.1 Å². The fourth-order valence-electron chi connectivity index (χ4n) is 2.62. The van der Waals surface area contributed by atoms with Crippen molar-refractivity contribution in [2.24, 2.45) is 0 Å². The number of alkyl halides is 1. The van der Waals surface area contributed by atoms with Crippen molar-refractivity contribution in [2.75, 3.05) is 4.90 Å². The van der Waals surface area contributed by atoms with Gasteiger partial charge in [-0.15, -0.1) is 11.6 Å². The van der Waals surface area contributed by atoms with E-state index in [1.165, 1.54) is 11.3 Å². The fraction of sp³-hybridized carbons (Fsp3) is 0.267. The number of benzene rings is 1. The SMILES string of the molecule is CC1Cc2ccccc2N1c1cc(CCl)c(Cl)cn1. The van der Waals surface area contributed by atoms with Gasteiger partial charge in [0.2, 0.25) is 0 Å². The van der Waals surface area contributed by atoms with Crippen LogP contribution in [0.2, 0.25) is 5.02 Å². The van der Waals surface area contributed by atoms with Crippen LogP contribution in [0.1, 0.15) is 18.1 Å². The number of halogens is 2. The Labute approximate surface area is 123 Å². The average molecular weight is 293 g/mol. The molecule has 0 amide bonds. The Hall–Kier alpha value is -1.25. The highest BCUT2D eigenvalue weighted by Gasteiger charge is 2.27. The van der Waals surface area contributed by atoms with Crippen LogP contribution in [0.3, 0.4) is 0 Å². The number of hydrogen-bond acceptors (Lipinski definition) is 2. The van der Waals surface area contributed by atoms with Crippen LogP contribution in [-0.2, 0) is 12.3 Å². The predicted molar refractivity (Wildman–Crippen MR) is 80.6 cm³/mol. The van der Waals surface area contributed by atoms with E-state index in [1.807, 2.05) is 6.07 Å². The molecule has 0 saturated carbocycles. The molecule has 19 heavy (non-hydrogen) atoms. The molecular formula is C15H14Cl2N2. The van der Waals surface area contributed by atoms with Crippen LogP contribution in [0.5, 0.6) is 0 Å². The van der Waals surface area contributed by atoms with E-state index in [0.29, 0.717) is 16.9 Å². The van der Waals surface area contributed by atoms with Crippen LogP contribution in [0, 0.1) is 0 Å². The summed E-state index contributed by atoms with van der Waals surface area (Å²) in [4.78, 5) is 6.71. The van der Waals surface area contributed by atoms with Gasteiger partial charge in [0.15, 0.2) is 0 Å². The summed E-state index contributed by atoms with van der Waals surface area (Å²) in [7, 11) is 0. The van der Waals surface area contributed by atoms with Crippen LogP contribution < -0.4 is 4.90 Å². The van der Waals surface area contributed by atoms with Gasteiger partial charge < -0.3 is 4.90 Å². The van der Waals surface area contributed by atoms with Crippen LogP contribution >= 0.6 is 23.2 Å². The highest BCUT2D eigenvalue weighted by atomic mass is 35.5. The average Bonchev–Trinajstić information content (AvgIpc) is 2.75. The maximum Gasteiger partial charge on any atom is 0.133 e. The van der Waals surface area contributed by atoms with Gasteiger partial charge in [-0.1, -0.05) is 29.8 Å². The van der Waals surface area contributed by atoms with E-state index in [0.717, 1.165) is 17.8 Å². The van der Waals surface area contributed by atoms with E-state index < -0.39 is 0 Å². The Morgan fingerprint density at radius 2 is 2.16 bits per heavy atom. The number of para-hydroxylation sites is 1. The highest BCUT2D eigenvalue weighted by Crippen LogP contribution is 2.38. The van der Waals surface area contributed by atoms with Gasteiger partial charge in [-0.3, -0.25) is 0 Å². The lowest BCUT2D eigenvalue weighted by atomic mass is 10.1. The molecule has 1 aromatic carbocycles. The van der Waals surface area contributed by atoms with Gasteiger partial charge in [0.1, 0.15) is 5.82 Å². The first-order chi connectivity index (χ1) is 9.20. The molecule has 0 bridgehead atoms. The largest absolute Gasteiger partial charge is 0.323 e. The number of pyridine rings is 1. The minimum absolute atomic E-state index is 0.397. The number of fused-ring (bicyclic) bond motifs is 1. The van der Waals surface area contributed by atoms with Crippen molar-refractivity contribution in [3.63, 3.8) is 0 Å². The second kappa shape index (κ2) is 5.03. The zero-order chi connectivity index (χ0) is 13.4. The van der Waals surface area contributed by atoms with E-state index in [9.17, 15) is 0 Å². The van der Waals surface area contributed by atoms with Crippen molar-refractivity contribution in [1.82, 2.24) is 4.98 Å². The molecule has 98 valence electrons. The molecule has 2 aromatic rings. The number of aromatic nitrogens is 1. The summed E-state index contributed by atoms with van der Waals surface area (Å²) in [6.45, 7) is 2.21. The highest BCUT2D eigenvalue weighted by molar-refractivity contribution is 6.32. The van der Waals surface area contributed by atoms with Crippen molar-refractivity contribution < 1.29 is 0 Å². The van der Waals surface area contributed by atoms with Crippen molar-refractivity contribution in [2.45, 2.75) is 25.3 Å². The molecule has 4 heteroatoms. The van der Waals surface area contributed by atoms with Gasteiger partial charge in [-0.2, -0.15) is 0 Å². The second-order valence-corrected chi connectivity index (χ2v) is 5.49. The Balaban J connectivity index is 2.07. The first-order valence-electron chi connectivity index (χ1n) is 6.28. The summed E-state index contributed by atoms with van der Waals surface area (Å²) in [6, 6.07) is 10.8. The van der Waals surface area contributed by atoms with Gasteiger partial charge >= 0.3 is 0 Å². The van der Waals surface area contributed by atoms with Crippen molar-refractivity contribution in [3.8, 4) is 0 Å². The summed E-state index contributed by atoms with van der Waals surface area (Å²) in [5.74, 6) is 1.32. The molecular weight excluding hydrogens is 279 g/mol. The van der Waals surface area contributed by atoms with Gasteiger partial charge in [0.25, 0.3) is 0 Å². The third-order valence-electron chi connectivity index (χ3n) is 3.52. The molecule has 1 atom stereocenters. The van der Waals surface area contributed by atoms with Crippen molar-refractivity contribution in [1.29, 1.82) is 0 Å². The minimum Gasteiger partial charge on any atom is -0.323 e. The summed E-state index contributed by atoms with van der Waals surface area (Å²) in [6.07, 6.45) is 2.72. The van der Waals surface area contributed by atoms with Crippen LogP contribution in [0.15, 0.2) is 36.5 Å². The molecule has 1 aliphatic heterocycles. The van der Waals surface area contributed by atoms with Crippen LogP contribution in [-0.4, -0.2) is 11.0 Å². The lowest BCUT2D eigenvalue weighted by Crippen LogP contribution is -2.24. The fourth-order valence-corrected chi connectivity index (χ4v) is 3.08.